The summed E-state index contributed by atoms with van der Waals surface area (Å²) in [7, 11) is 0. The van der Waals surface area contributed by atoms with Crippen molar-refractivity contribution in [3.8, 4) is 0 Å². The summed E-state index contributed by atoms with van der Waals surface area (Å²) >= 11 is 1.28. The van der Waals surface area contributed by atoms with Gasteiger partial charge in [-0.25, -0.2) is 0 Å². The number of anilines is 1. The number of carbonyl (C=O) groups is 2. The summed E-state index contributed by atoms with van der Waals surface area (Å²) in [6.07, 6.45) is 2.93. The normalized spacial score (nSPS) is 10.7. The second-order valence-electron chi connectivity index (χ2n) is 5.52. The van der Waals surface area contributed by atoms with Crippen LogP contribution in [0.15, 0.2) is 48.7 Å². The summed E-state index contributed by atoms with van der Waals surface area (Å²) in [5, 5.41) is 7.51. The van der Waals surface area contributed by atoms with Crippen molar-refractivity contribution in [2.24, 2.45) is 0 Å². The second-order valence-corrected chi connectivity index (χ2v) is 6.61. The molecule has 2 heterocycles. The maximum absolute atomic E-state index is 12.1. The number of nitrogens with one attached hydrogen (secondary N) is 2. The number of thiophene rings is 1. The number of hydrogen-bond donors (Lipinski definition) is 2. The molecule has 0 aliphatic rings. The van der Waals surface area contributed by atoms with Crippen molar-refractivity contribution in [2.75, 3.05) is 11.9 Å². The van der Waals surface area contributed by atoms with Crippen molar-refractivity contribution in [1.82, 2.24) is 9.88 Å². The van der Waals surface area contributed by atoms with Crippen LogP contribution in [0, 0.1) is 0 Å². The van der Waals surface area contributed by atoms with E-state index in [-0.39, 0.29) is 11.8 Å². The van der Waals surface area contributed by atoms with E-state index in [1.807, 2.05) is 12.1 Å². The van der Waals surface area contributed by atoms with Crippen molar-refractivity contribution in [1.29, 1.82) is 0 Å². The lowest BCUT2D eigenvalue weighted by Crippen LogP contribution is -2.24. The maximum Gasteiger partial charge on any atom is 0.261 e. The Morgan fingerprint density at radius 3 is 2.79 bits per heavy atom. The summed E-state index contributed by atoms with van der Waals surface area (Å²) in [6.45, 7) is 2.92. The number of hydrogen-bond acceptors (Lipinski definition) is 3. The van der Waals surface area contributed by atoms with Crippen molar-refractivity contribution >= 4 is 39.1 Å². The lowest BCUT2D eigenvalue weighted by atomic mass is 10.2. The number of carbonyl (C=O) groups excluding carboxylic acids is 2. The molecule has 2 amide bonds. The first kappa shape index (κ1) is 16.3. The lowest BCUT2D eigenvalue weighted by Gasteiger charge is -2.06. The molecular formula is C18H19N3O2S. The molecule has 0 saturated heterocycles. The molecule has 3 rings (SSSR count). The van der Waals surface area contributed by atoms with E-state index in [0.29, 0.717) is 16.4 Å². The number of amides is 2. The van der Waals surface area contributed by atoms with Crippen LogP contribution in [0.5, 0.6) is 0 Å². The maximum atomic E-state index is 12.1. The number of fused-ring (bicyclic) bond motifs is 1. The molecule has 0 fully saturated rings. The molecular weight excluding hydrogens is 322 g/mol. The third kappa shape index (κ3) is 3.83. The smallest absolute Gasteiger partial charge is 0.261 e. The van der Waals surface area contributed by atoms with E-state index in [9.17, 15) is 9.59 Å². The molecule has 0 spiro atoms. The van der Waals surface area contributed by atoms with Crippen LogP contribution in [0.3, 0.4) is 0 Å². The predicted octanol–water partition coefficient (Wildman–Crippen LogP) is 3.48. The van der Waals surface area contributed by atoms with Crippen LogP contribution in [-0.4, -0.2) is 22.9 Å². The van der Waals surface area contributed by atoms with Gasteiger partial charge in [-0.1, -0.05) is 18.2 Å². The number of para-hydroxylation sites is 1. The molecule has 3 aromatic rings. The largest absolute Gasteiger partial charge is 0.351 e. The first-order chi connectivity index (χ1) is 11.6. The van der Waals surface area contributed by atoms with Gasteiger partial charge in [0.2, 0.25) is 5.91 Å². The zero-order chi connectivity index (χ0) is 16.9. The second kappa shape index (κ2) is 7.31. The van der Waals surface area contributed by atoms with Gasteiger partial charge in [0.05, 0.1) is 9.88 Å². The van der Waals surface area contributed by atoms with Crippen LogP contribution in [0.2, 0.25) is 0 Å². The zero-order valence-corrected chi connectivity index (χ0v) is 14.2. The molecule has 1 aromatic carbocycles. The van der Waals surface area contributed by atoms with Gasteiger partial charge in [0.15, 0.2) is 0 Å². The molecule has 2 aromatic heterocycles. The summed E-state index contributed by atoms with van der Waals surface area (Å²) in [4.78, 5) is 23.7. The Hall–Kier alpha value is -2.60. The zero-order valence-electron chi connectivity index (χ0n) is 13.4. The molecule has 0 radical (unpaired) electrons. The number of nitrogens with zero attached hydrogens (tertiary/aromatic N) is 1. The van der Waals surface area contributed by atoms with Crippen molar-refractivity contribution in [3.05, 3.63) is 53.5 Å². The predicted molar refractivity (Wildman–Crippen MR) is 97.5 cm³/mol. The van der Waals surface area contributed by atoms with Crippen molar-refractivity contribution in [2.45, 2.75) is 19.9 Å². The third-order valence-corrected chi connectivity index (χ3v) is 4.67. The SMILES string of the molecule is CC(=O)Nc1ccc(C(=O)NCCCn2ccc3ccccc32)s1. The number of aryl methyl sites for hydroxylation is 1. The molecule has 24 heavy (non-hydrogen) atoms. The van der Waals surface area contributed by atoms with Crippen LogP contribution in [0.4, 0.5) is 5.00 Å². The first-order valence-corrected chi connectivity index (χ1v) is 8.64. The van der Waals surface area contributed by atoms with Crippen LogP contribution < -0.4 is 10.6 Å². The van der Waals surface area contributed by atoms with E-state index in [1.54, 1.807) is 12.1 Å². The summed E-state index contributed by atoms with van der Waals surface area (Å²) in [5.74, 6) is -0.239. The first-order valence-electron chi connectivity index (χ1n) is 7.83. The summed E-state index contributed by atoms with van der Waals surface area (Å²) in [5.41, 5.74) is 1.21. The van der Waals surface area contributed by atoms with Gasteiger partial charge in [-0.05, 0) is 36.1 Å². The average molecular weight is 341 g/mol. The topological polar surface area (TPSA) is 63.1 Å². The van der Waals surface area contributed by atoms with E-state index in [4.69, 9.17) is 0 Å². The van der Waals surface area contributed by atoms with E-state index >= 15 is 0 Å². The molecule has 6 heteroatoms. The quantitative estimate of drug-likeness (QED) is 0.674. The molecule has 124 valence electrons. The highest BCUT2D eigenvalue weighted by Gasteiger charge is 2.09. The minimum atomic E-state index is -0.136. The van der Waals surface area contributed by atoms with Crippen molar-refractivity contribution < 1.29 is 9.59 Å². The van der Waals surface area contributed by atoms with E-state index in [2.05, 4.69) is 39.6 Å². The van der Waals surface area contributed by atoms with Gasteiger partial charge in [-0.2, -0.15) is 0 Å². The van der Waals surface area contributed by atoms with Gasteiger partial charge in [0.25, 0.3) is 5.91 Å². The van der Waals surface area contributed by atoms with Gasteiger partial charge < -0.3 is 15.2 Å². The minimum Gasteiger partial charge on any atom is -0.351 e. The van der Waals surface area contributed by atoms with Gasteiger partial charge in [-0.15, -0.1) is 11.3 Å². The van der Waals surface area contributed by atoms with Crippen LogP contribution in [0.1, 0.15) is 23.0 Å². The highest BCUT2D eigenvalue weighted by atomic mass is 32.1. The summed E-state index contributed by atoms with van der Waals surface area (Å²) in [6, 6.07) is 13.8. The van der Waals surface area contributed by atoms with Gasteiger partial charge in [0.1, 0.15) is 0 Å². The standard InChI is InChI=1S/C18H19N3O2S/c1-13(22)20-17-8-7-16(24-17)18(23)19-10-4-11-21-12-9-14-5-2-3-6-15(14)21/h2-3,5-9,12H,4,10-11H2,1H3,(H,19,23)(H,20,22). The molecule has 0 aliphatic carbocycles. The number of rotatable bonds is 6. The highest BCUT2D eigenvalue weighted by Crippen LogP contribution is 2.21. The monoisotopic (exact) mass is 341 g/mol. The lowest BCUT2D eigenvalue weighted by molar-refractivity contribution is -0.114. The Bertz CT molecular complexity index is 866. The van der Waals surface area contributed by atoms with Crippen molar-refractivity contribution in [3.63, 3.8) is 0 Å². The van der Waals surface area contributed by atoms with Crippen LogP contribution in [0.25, 0.3) is 10.9 Å². The Morgan fingerprint density at radius 1 is 1.12 bits per heavy atom. The fourth-order valence-corrected chi connectivity index (χ4v) is 3.44. The molecule has 0 unspecified atom stereocenters. The van der Waals surface area contributed by atoms with Gasteiger partial charge in [-0.3, -0.25) is 9.59 Å². The fourth-order valence-electron chi connectivity index (χ4n) is 2.57. The number of aromatic nitrogens is 1. The Morgan fingerprint density at radius 2 is 1.96 bits per heavy atom. The van der Waals surface area contributed by atoms with E-state index in [1.165, 1.54) is 29.2 Å². The molecule has 2 N–H and O–H groups in total. The third-order valence-electron chi connectivity index (χ3n) is 3.67. The Balaban J connectivity index is 1.48. The molecule has 5 nitrogen and oxygen atoms in total. The fraction of sp³-hybridized carbons (Fsp3) is 0.222. The van der Waals surface area contributed by atoms with Gasteiger partial charge >= 0.3 is 0 Å². The summed E-state index contributed by atoms with van der Waals surface area (Å²) < 4.78 is 2.20. The Labute approximate surface area is 144 Å². The van der Waals surface area contributed by atoms with Gasteiger partial charge in [0, 0.05) is 31.7 Å². The Kier molecular flexibility index (Phi) is 4.96. The minimum absolute atomic E-state index is 0.103. The molecule has 0 aliphatic heterocycles. The molecule has 0 bridgehead atoms. The average Bonchev–Trinajstić information content (AvgIpc) is 3.18. The highest BCUT2D eigenvalue weighted by molar-refractivity contribution is 7.18. The number of benzene rings is 1. The van der Waals surface area contributed by atoms with Crippen LogP contribution in [-0.2, 0) is 11.3 Å². The van der Waals surface area contributed by atoms with Crippen LogP contribution >= 0.6 is 11.3 Å². The van der Waals surface area contributed by atoms with E-state index < -0.39 is 0 Å². The van der Waals surface area contributed by atoms with E-state index in [0.717, 1.165) is 13.0 Å². The molecule has 0 saturated carbocycles. The molecule has 0 atom stereocenters.